The van der Waals surface area contributed by atoms with E-state index in [2.05, 4.69) is 20.8 Å². The molecule has 0 aliphatic heterocycles. The average molecular weight is 403 g/mol. The van der Waals surface area contributed by atoms with Crippen LogP contribution in [-0.4, -0.2) is 14.8 Å². The van der Waals surface area contributed by atoms with E-state index in [9.17, 15) is 0 Å². The maximum Gasteiger partial charge on any atom is 0.196 e. The van der Waals surface area contributed by atoms with Gasteiger partial charge in [0.05, 0.1) is 11.6 Å². The van der Waals surface area contributed by atoms with Gasteiger partial charge >= 0.3 is 0 Å². The van der Waals surface area contributed by atoms with Crippen molar-refractivity contribution in [3.8, 4) is 23.1 Å². The van der Waals surface area contributed by atoms with Crippen molar-refractivity contribution in [3.05, 3.63) is 95.0 Å². The second-order valence-corrected chi connectivity index (χ2v) is 7.40. The van der Waals surface area contributed by atoms with Gasteiger partial charge < -0.3 is 0 Å². The van der Waals surface area contributed by atoms with E-state index in [0.29, 0.717) is 16.3 Å². The average Bonchev–Trinajstić information content (AvgIpc) is 3.18. The van der Waals surface area contributed by atoms with E-state index < -0.39 is 0 Å². The first-order valence-electron chi connectivity index (χ1n) is 8.64. The summed E-state index contributed by atoms with van der Waals surface area (Å²) in [5.41, 5.74) is 3.51. The molecule has 0 radical (unpaired) electrons. The first-order chi connectivity index (χ1) is 13.8. The van der Waals surface area contributed by atoms with Gasteiger partial charge in [0.2, 0.25) is 0 Å². The monoisotopic (exact) mass is 402 g/mol. The molecule has 0 aliphatic rings. The minimum absolute atomic E-state index is 0.553. The molecule has 1 aromatic heterocycles. The van der Waals surface area contributed by atoms with Gasteiger partial charge in [0.15, 0.2) is 11.0 Å². The molecule has 0 atom stereocenters. The van der Waals surface area contributed by atoms with E-state index in [4.69, 9.17) is 16.9 Å². The number of rotatable bonds is 5. The van der Waals surface area contributed by atoms with Crippen LogP contribution in [0.5, 0.6) is 0 Å². The van der Waals surface area contributed by atoms with Gasteiger partial charge in [-0.1, -0.05) is 78.0 Å². The lowest BCUT2D eigenvalue weighted by Gasteiger charge is -2.10. The van der Waals surface area contributed by atoms with Crippen molar-refractivity contribution in [2.45, 2.75) is 10.9 Å². The lowest BCUT2D eigenvalue weighted by molar-refractivity contribution is 0.886. The van der Waals surface area contributed by atoms with Crippen LogP contribution in [0, 0.1) is 11.3 Å². The summed E-state index contributed by atoms with van der Waals surface area (Å²) in [7, 11) is 0. The van der Waals surface area contributed by atoms with Crippen LogP contribution in [0.25, 0.3) is 17.1 Å². The quantitative estimate of drug-likeness (QED) is 0.399. The molecule has 0 N–H and O–H groups in total. The van der Waals surface area contributed by atoms with Crippen LogP contribution in [0.4, 0.5) is 0 Å². The van der Waals surface area contributed by atoms with Gasteiger partial charge in [-0.2, -0.15) is 5.26 Å². The van der Waals surface area contributed by atoms with Crippen LogP contribution >= 0.6 is 23.4 Å². The Balaban J connectivity index is 1.70. The SMILES string of the molecule is N#Cc1ccc(CSc2nnc(-c3ccccc3)n2-c2ccccc2)c(Cl)c1. The van der Waals surface area contributed by atoms with Crippen LogP contribution in [0.15, 0.2) is 84.0 Å². The second-order valence-electron chi connectivity index (χ2n) is 6.05. The zero-order valence-electron chi connectivity index (χ0n) is 14.8. The lowest BCUT2D eigenvalue weighted by Crippen LogP contribution is -1.99. The Labute approximate surface area is 172 Å². The molecule has 0 fully saturated rings. The molecule has 136 valence electrons. The summed E-state index contributed by atoms with van der Waals surface area (Å²) >= 11 is 7.89. The third-order valence-corrected chi connectivity index (χ3v) is 5.55. The van der Waals surface area contributed by atoms with Crippen LogP contribution in [-0.2, 0) is 5.75 Å². The molecule has 3 aromatic carbocycles. The number of hydrogen-bond acceptors (Lipinski definition) is 4. The second kappa shape index (κ2) is 8.30. The number of hydrogen-bond donors (Lipinski definition) is 0. The standard InChI is InChI=1S/C22H15ClN4S/c23-20-13-16(14-24)11-12-18(20)15-28-22-26-25-21(17-7-3-1-4-8-17)27(22)19-9-5-2-6-10-19/h1-13H,15H2. The Bertz CT molecular complexity index is 1130. The third-order valence-electron chi connectivity index (χ3n) is 4.22. The van der Waals surface area contributed by atoms with Crippen molar-refractivity contribution in [1.29, 1.82) is 5.26 Å². The summed E-state index contributed by atoms with van der Waals surface area (Å²) in [5, 5.41) is 19.2. The number of para-hydroxylation sites is 1. The summed E-state index contributed by atoms with van der Waals surface area (Å²) in [6.07, 6.45) is 0. The van der Waals surface area contributed by atoms with Gasteiger partial charge in [-0.05, 0) is 29.8 Å². The van der Waals surface area contributed by atoms with E-state index in [-0.39, 0.29) is 0 Å². The summed E-state index contributed by atoms with van der Waals surface area (Å²) in [6, 6.07) is 27.5. The Morgan fingerprint density at radius 2 is 1.64 bits per heavy atom. The first-order valence-corrected chi connectivity index (χ1v) is 10.00. The van der Waals surface area contributed by atoms with Crippen molar-refractivity contribution in [1.82, 2.24) is 14.8 Å². The first kappa shape index (κ1) is 18.3. The van der Waals surface area contributed by atoms with Crippen LogP contribution in [0.2, 0.25) is 5.02 Å². The fourth-order valence-corrected chi connectivity index (χ4v) is 4.11. The molecule has 1 heterocycles. The summed E-state index contributed by atoms with van der Waals surface area (Å²) in [5.74, 6) is 1.42. The van der Waals surface area contributed by atoms with Crippen molar-refractivity contribution in [2.75, 3.05) is 0 Å². The highest BCUT2D eigenvalue weighted by atomic mass is 35.5. The van der Waals surface area contributed by atoms with Crippen molar-refractivity contribution >= 4 is 23.4 Å². The predicted molar refractivity (Wildman–Crippen MR) is 113 cm³/mol. The molecule has 28 heavy (non-hydrogen) atoms. The summed E-state index contributed by atoms with van der Waals surface area (Å²) in [4.78, 5) is 0. The highest BCUT2D eigenvalue weighted by Gasteiger charge is 2.16. The Morgan fingerprint density at radius 1 is 0.929 bits per heavy atom. The number of aromatic nitrogens is 3. The fraction of sp³-hybridized carbons (Fsp3) is 0.0455. The number of thioether (sulfide) groups is 1. The molecule has 4 aromatic rings. The van der Waals surface area contributed by atoms with Crippen LogP contribution in [0.1, 0.15) is 11.1 Å². The maximum atomic E-state index is 9.00. The smallest absolute Gasteiger partial charge is 0.196 e. The van der Waals surface area contributed by atoms with Gasteiger partial charge in [-0.15, -0.1) is 10.2 Å². The number of halogens is 1. The van der Waals surface area contributed by atoms with E-state index in [1.54, 1.807) is 23.9 Å². The van der Waals surface area contributed by atoms with Gasteiger partial charge in [-0.3, -0.25) is 4.57 Å². The molecule has 0 aliphatic carbocycles. The highest BCUT2D eigenvalue weighted by molar-refractivity contribution is 7.98. The number of nitrogens with zero attached hydrogens (tertiary/aromatic N) is 4. The van der Waals surface area contributed by atoms with Gasteiger partial charge in [0.1, 0.15) is 0 Å². The third kappa shape index (κ3) is 3.79. The molecule has 0 saturated heterocycles. The molecule has 4 rings (SSSR count). The van der Waals surface area contributed by atoms with Gasteiger partial charge in [0, 0.05) is 22.0 Å². The molecular formula is C22H15ClN4S. The molecule has 0 bridgehead atoms. The molecule has 0 saturated carbocycles. The minimum Gasteiger partial charge on any atom is -0.270 e. The van der Waals surface area contributed by atoms with E-state index in [0.717, 1.165) is 27.8 Å². The normalized spacial score (nSPS) is 10.6. The van der Waals surface area contributed by atoms with Crippen LogP contribution < -0.4 is 0 Å². The lowest BCUT2D eigenvalue weighted by atomic mass is 10.2. The van der Waals surface area contributed by atoms with Crippen molar-refractivity contribution in [2.24, 2.45) is 0 Å². The van der Waals surface area contributed by atoms with E-state index in [1.165, 1.54) is 0 Å². The largest absolute Gasteiger partial charge is 0.270 e. The van der Waals surface area contributed by atoms with E-state index >= 15 is 0 Å². The van der Waals surface area contributed by atoms with Crippen LogP contribution in [0.3, 0.4) is 0 Å². The van der Waals surface area contributed by atoms with Gasteiger partial charge in [0.25, 0.3) is 0 Å². The zero-order chi connectivity index (χ0) is 19.3. The Hall–Kier alpha value is -3.07. The minimum atomic E-state index is 0.553. The Morgan fingerprint density at radius 3 is 2.32 bits per heavy atom. The molecule has 0 spiro atoms. The molecule has 0 amide bonds. The predicted octanol–water partition coefficient (Wildman–Crippen LogP) is 5.75. The summed E-state index contributed by atoms with van der Waals surface area (Å²) < 4.78 is 2.05. The number of benzene rings is 3. The fourth-order valence-electron chi connectivity index (χ4n) is 2.82. The zero-order valence-corrected chi connectivity index (χ0v) is 16.4. The maximum absolute atomic E-state index is 9.00. The molecule has 4 nitrogen and oxygen atoms in total. The molecular weight excluding hydrogens is 388 g/mol. The van der Waals surface area contributed by atoms with Crippen molar-refractivity contribution in [3.63, 3.8) is 0 Å². The summed E-state index contributed by atoms with van der Waals surface area (Å²) in [6.45, 7) is 0. The highest BCUT2D eigenvalue weighted by Crippen LogP contribution is 2.31. The Kier molecular flexibility index (Phi) is 5.43. The molecule has 6 heteroatoms. The molecule has 0 unspecified atom stereocenters. The van der Waals surface area contributed by atoms with Gasteiger partial charge in [-0.25, -0.2) is 0 Å². The van der Waals surface area contributed by atoms with Crippen molar-refractivity contribution < 1.29 is 0 Å². The topological polar surface area (TPSA) is 54.5 Å². The van der Waals surface area contributed by atoms with E-state index in [1.807, 2.05) is 66.7 Å². The number of nitriles is 1.